The van der Waals surface area contributed by atoms with Gasteiger partial charge >= 0.3 is 0 Å². The highest BCUT2D eigenvalue weighted by Gasteiger charge is 2.20. The zero-order valence-corrected chi connectivity index (χ0v) is 11.2. The molecule has 18 heavy (non-hydrogen) atoms. The third-order valence-electron chi connectivity index (χ3n) is 3.74. The van der Waals surface area contributed by atoms with Gasteiger partial charge in [0.1, 0.15) is 11.6 Å². The first-order valence-electron chi connectivity index (χ1n) is 6.68. The van der Waals surface area contributed by atoms with Crippen molar-refractivity contribution in [3.05, 3.63) is 29.3 Å². The molecule has 1 aliphatic carbocycles. The van der Waals surface area contributed by atoms with E-state index < -0.39 is 0 Å². The maximum absolute atomic E-state index is 7.41. The Kier molecular flexibility index (Phi) is 3.90. The molecule has 98 valence electrons. The predicted octanol–water partition coefficient (Wildman–Crippen LogP) is 3.24. The molecule has 0 radical (unpaired) electrons. The van der Waals surface area contributed by atoms with Crippen molar-refractivity contribution in [1.82, 2.24) is 0 Å². The standard InChI is InChI=1S/C15H22N2O/c1-10-3-6-13(7-4-10)18-14-8-5-12(15(16)17)9-11(14)2/h5,8-10,13H,3-4,6-7H2,1-2H3,(H3,16,17). The molecule has 0 atom stereocenters. The van der Waals surface area contributed by atoms with Gasteiger partial charge in [-0.3, -0.25) is 5.41 Å². The van der Waals surface area contributed by atoms with Crippen LogP contribution in [-0.4, -0.2) is 11.9 Å². The van der Waals surface area contributed by atoms with Gasteiger partial charge in [-0.05, 0) is 62.3 Å². The highest BCUT2D eigenvalue weighted by molar-refractivity contribution is 5.95. The van der Waals surface area contributed by atoms with Gasteiger partial charge in [0.05, 0.1) is 6.10 Å². The van der Waals surface area contributed by atoms with E-state index in [1.54, 1.807) is 0 Å². The molecule has 1 fully saturated rings. The second-order valence-corrected chi connectivity index (χ2v) is 5.39. The summed E-state index contributed by atoms with van der Waals surface area (Å²) in [5, 5.41) is 7.41. The van der Waals surface area contributed by atoms with Gasteiger partial charge in [0, 0.05) is 5.56 Å². The van der Waals surface area contributed by atoms with E-state index in [0.29, 0.717) is 6.10 Å². The fraction of sp³-hybridized carbons (Fsp3) is 0.533. The van der Waals surface area contributed by atoms with Gasteiger partial charge in [-0.25, -0.2) is 0 Å². The number of nitrogens with one attached hydrogen (secondary N) is 1. The van der Waals surface area contributed by atoms with Gasteiger partial charge in [0.15, 0.2) is 0 Å². The summed E-state index contributed by atoms with van der Waals surface area (Å²) >= 11 is 0. The molecular formula is C15H22N2O. The van der Waals surface area contributed by atoms with Crippen molar-refractivity contribution in [3.8, 4) is 5.75 Å². The van der Waals surface area contributed by atoms with Crippen LogP contribution < -0.4 is 10.5 Å². The molecule has 3 heteroatoms. The molecule has 1 aromatic rings. The summed E-state index contributed by atoms with van der Waals surface area (Å²) in [4.78, 5) is 0. The van der Waals surface area contributed by atoms with Crippen LogP contribution in [0.15, 0.2) is 18.2 Å². The third-order valence-corrected chi connectivity index (χ3v) is 3.74. The van der Waals surface area contributed by atoms with Crippen molar-refractivity contribution < 1.29 is 4.74 Å². The molecule has 1 aromatic carbocycles. The fourth-order valence-electron chi connectivity index (χ4n) is 2.48. The zero-order valence-electron chi connectivity index (χ0n) is 11.2. The molecule has 3 N–H and O–H groups in total. The molecule has 0 bridgehead atoms. The normalized spacial score (nSPS) is 23.7. The Morgan fingerprint density at radius 3 is 2.50 bits per heavy atom. The maximum Gasteiger partial charge on any atom is 0.122 e. The number of rotatable bonds is 3. The minimum absolute atomic E-state index is 0.108. The third kappa shape index (κ3) is 3.03. The summed E-state index contributed by atoms with van der Waals surface area (Å²) in [5.41, 5.74) is 7.29. The van der Waals surface area contributed by atoms with E-state index in [1.165, 1.54) is 12.8 Å². The number of nitrogen functional groups attached to an aromatic ring is 1. The van der Waals surface area contributed by atoms with Crippen LogP contribution in [0.4, 0.5) is 0 Å². The van der Waals surface area contributed by atoms with Gasteiger partial charge in [0.2, 0.25) is 0 Å². The summed E-state index contributed by atoms with van der Waals surface area (Å²) in [6.45, 7) is 4.32. The van der Waals surface area contributed by atoms with E-state index in [9.17, 15) is 0 Å². The molecule has 0 heterocycles. The molecule has 0 spiro atoms. The van der Waals surface area contributed by atoms with E-state index in [4.69, 9.17) is 15.9 Å². The highest BCUT2D eigenvalue weighted by Crippen LogP contribution is 2.28. The summed E-state index contributed by atoms with van der Waals surface area (Å²) in [6.07, 6.45) is 5.16. The van der Waals surface area contributed by atoms with Crippen molar-refractivity contribution in [2.24, 2.45) is 11.7 Å². The Bertz CT molecular complexity index is 434. The smallest absolute Gasteiger partial charge is 0.122 e. The van der Waals surface area contributed by atoms with Crippen molar-refractivity contribution in [2.75, 3.05) is 0 Å². The number of hydrogen-bond acceptors (Lipinski definition) is 2. The molecule has 1 saturated carbocycles. The zero-order chi connectivity index (χ0) is 13.1. The number of aryl methyl sites for hydroxylation is 1. The number of ether oxygens (including phenoxy) is 1. The van der Waals surface area contributed by atoms with Crippen LogP contribution >= 0.6 is 0 Å². The SMILES string of the molecule is Cc1cc(C(=N)N)ccc1OC1CCC(C)CC1. The predicted molar refractivity (Wildman–Crippen MR) is 74.2 cm³/mol. The van der Waals surface area contributed by atoms with Crippen LogP contribution in [0.1, 0.15) is 43.7 Å². The lowest BCUT2D eigenvalue weighted by Gasteiger charge is -2.27. The van der Waals surface area contributed by atoms with E-state index in [1.807, 2.05) is 25.1 Å². The maximum atomic E-state index is 7.41. The lowest BCUT2D eigenvalue weighted by atomic mass is 9.89. The first-order valence-corrected chi connectivity index (χ1v) is 6.68. The monoisotopic (exact) mass is 246 g/mol. The Hall–Kier alpha value is -1.51. The average molecular weight is 246 g/mol. The number of hydrogen-bond donors (Lipinski definition) is 2. The van der Waals surface area contributed by atoms with Crippen molar-refractivity contribution in [2.45, 2.75) is 45.6 Å². The van der Waals surface area contributed by atoms with Crippen molar-refractivity contribution in [1.29, 1.82) is 5.41 Å². The van der Waals surface area contributed by atoms with Crippen molar-refractivity contribution >= 4 is 5.84 Å². The molecule has 0 aromatic heterocycles. The van der Waals surface area contributed by atoms with Crippen LogP contribution in [0.3, 0.4) is 0 Å². The lowest BCUT2D eigenvalue weighted by molar-refractivity contribution is 0.134. The number of benzene rings is 1. The van der Waals surface area contributed by atoms with Gasteiger partial charge in [-0.1, -0.05) is 6.92 Å². The lowest BCUT2D eigenvalue weighted by Crippen LogP contribution is -2.23. The highest BCUT2D eigenvalue weighted by atomic mass is 16.5. The molecule has 0 aliphatic heterocycles. The minimum atomic E-state index is 0.108. The molecular weight excluding hydrogens is 224 g/mol. The van der Waals surface area contributed by atoms with Crippen LogP contribution in [0.2, 0.25) is 0 Å². The van der Waals surface area contributed by atoms with Gasteiger partial charge < -0.3 is 10.5 Å². The topological polar surface area (TPSA) is 59.1 Å². The molecule has 0 saturated heterocycles. The Morgan fingerprint density at radius 2 is 1.94 bits per heavy atom. The quantitative estimate of drug-likeness (QED) is 0.635. The second kappa shape index (κ2) is 5.42. The first kappa shape index (κ1) is 12.9. The van der Waals surface area contributed by atoms with Gasteiger partial charge in [-0.2, -0.15) is 0 Å². The number of amidine groups is 1. The minimum Gasteiger partial charge on any atom is -0.490 e. The summed E-state index contributed by atoms with van der Waals surface area (Å²) < 4.78 is 6.06. The van der Waals surface area contributed by atoms with Gasteiger partial charge in [0.25, 0.3) is 0 Å². The van der Waals surface area contributed by atoms with E-state index in [0.717, 1.165) is 35.6 Å². The fourth-order valence-corrected chi connectivity index (χ4v) is 2.48. The molecule has 0 unspecified atom stereocenters. The van der Waals surface area contributed by atoms with E-state index in [2.05, 4.69) is 6.92 Å². The van der Waals surface area contributed by atoms with E-state index in [-0.39, 0.29) is 5.84 Å². The second-order valence-electron chi connectivity index (χ2n) is 5.39. The van der Waals surface area contributed by atoms with Crippen LogP contribution in [0.25, 0.3) is 0 Å². The van der Waals surface area contributed by atoms with Crippen LogP contribution in [-0.2, 0) is 0 Å². The van der Waals surface area contributed by atoms with E-state index >= 15 is 0 Å². The Morgan fingerprint density at radius 1 is 1.28 bits per heavy atom. The van der Waals surface area contributed by atoms with Gasteiger partial charge in [-0.15, -0.1) is 0 Å². The van der Waals surface area contributed by atoms with Crippen molar-refractivity contribution in [3.63, 3.8) is 0 Å². The molecule has 0 amide bonds. The molecule has 3 nitrogen and oxygen atoms in total. The first-order chi connectivity index (χ1) is 8.56. The summed E-state index contributed by atoms with van der Waals surface area (Å²) in [6, 6.07) is 5.71. The van der Waals surface area contributed by atoms with Crippen LogP contribution in [0.5, 0.6) is 5.75 Å². The molecule has 2 rings (SSSR count). The van der Waals surface area contributed by atoms with Crippen LogP contribution in [0, 0.1) is 18.3 Å². The Balaban J connectivity index is 2.03. The summed E-state index contributed by atoms with van der Waals surface area (Å²) in [5.74, 6) is 1.88. The average Bonchev–Trinajstić information content (AvgIpc) is 2.34. The number of nitrogens with two attached hydrogens (primary N) is 1. The molecule has 1 aliphatic rings. The summed E-state index contributed by atoms with van der Waals surface area (Å²) in [7, 11) is 0. The Labute approximate surface area is 109 Å². The largest absolute Gasteiger partial charge is 0.490 e.